The second-order valence-corrected chi connectivity index (χ2v) is 9.51. The lowest BCUT2D eigenvalue weighted by atomic mass is 9.97. The SMILES string of the molecule is C=C(CN[C@@H](C)c1ccccc1)[C@H]([C@H](C)CC(=O)OCC)S(=O)(=O)c1ccccc1. The molecule has 0 aromatic heterocycles. The number of hydrogen-bond donors (Lipinski definition) is 1. The van der Waals surface area contributed by atoms with Crippen LogP contribution in [0.4, 0.5) is 0 Å². The predicted octanol–water partition coefficient (Wildman–Crippen LogP) is 4.33. The summed E-state index contributed by atoms with van der Waals surface area (Å²) in [5.74, 6) is -0.882. The zero-order valence-electron chi connectivity index (χ0n) is 17.9. The summed E-state index contributed by atoms with van der Waals surface area (Å²) in [6, 6.07) is 18.3. The highest BCUT2D eigenvalue weighted by atomic mass is 32.2. The van der Waals surface area contributed by atoms with Crippen LogP contribution in [0.25, 0.3) is 0 Å². The Morgan fingerprint density at radius 3 is 2.17 bits per heavy atom. The zero-order valence-corrected chi connectivity index (χ0v) is 18.7. The van der Waals surface area contributed by atoms with Crippen molar-refractivity contribution in [2.24, 2.45) is 5.92 Å². The highest BCUT2D eigenvalue weighted by Gasteiger charge is 2.35. The van der Waals surface area contributed by atoms with Crippen molar-refractivity contribution in [2.75, 3.05) is 13.2 Å². The van der Waals surface area contributed by atoms with Crippen LogP contribution in [-0.4, -0.2) is 32.8 Å². The van der Waals surface area contributed by atoms with Gasteiger partial charge in [-0.2, -0.15) is 0 Å². The molecule has 0 bridgehead atoms. The summed E-state index contributed by atoms with van der Waals surface area (Å²) in [6.07, 6.45) is 0.0117. The molecular weight excluding hydrogens is 398 g/mol. The minimum atomic E-state index is -3.72. The van der Waals surface area contributed by atoms with Crippen LogP contribution < -0.4 is 5.32 Å². The van der Waals surface area contributed by atoms with Crippen LogP contribution >= 0.6 is 0 Å². The molecule has 162 valence electrons. The molecule has 30 heavy (non-hydrogen) atoms. The van der Waals surface area contributed by atoms with Gasteiger partial charge in [0.25, 0.3) is 0 Å². The van der Waals surface area contributed by atoms with Gasteiger partial charge in [0.05, 0.1) is 16.8 Å². The van der Waals surface area contributed by atoms with Gasteiger partial charge >= 0.3 is 5.97 Å². The maximum atomic E-state index is 13.4. The van der Waals surface area contributed by atoms with Gasteiger partial charge < -0.3 is 10.1 Å². The van der Waals surface area contributed by atoms with Crippen LogP contribution in [0, 0.1) is 5.92 Å². The molecule has 0 amide bonds. The largest absolute Gasteiger partial charge is 0.466 e. The lowest BCUT2D eigenvalue weighted by Gasteiger charge is -2.27. The number of ether oxygens (including phenoxy) is 1. The molecule has 3 atom stereocenters. The summed E-state index contributed by atoms with van der Waals surface area (Å²) < 4.78 is 31.9. The van der Waals surface area contributed by atoms with E-state index in [2.05, 4.69) is 11.9 Å². The van der Waals surface area contributed by atoms with Crippen LogP contribution in [-0.2, 0) is 19.4 Å². The first kappa shape index (κ1) is 23.8. The molecule has 0 aliphatic rings. The van der Waals surface area contributed by atoms with E-state index in [0.29, 0.717) is 12.1 Å². The second kappa shape index (κ2) is 11.1. The third-order valence-electron chi connectivity index (χ3n) is 5.05. The van der Waals surface area contributed by atoms with Crippen LogP contribution in [0.15, 0.2) is 77.7 Å². The number of rotatable bonds is 11. The summed E-state index contributed by atoms with van der Waals surface area (Å²) in [5.41, 5.74) is 1.63. The van der Waals surface area contributed by atoms with Crippen molar-refractivity contribution in [3.8, 4) is 0 Å². The highest BCUT2D eigenvalue weighted by Crippen LogP contribution is 2.29. The molecule has 1 N–H and O–H groups in total. The Bertz CT molecular complexity index is 926. The standard InChI is InChI=1S/C24H31NO4S/c1-5-29-23(26)16-18(2)24(30(27,28)22-14-10-7-11-15-22)19(3)17-25-20(4)21-12-8-6-9-13-21/h6-15,18,20,24-25H,3,5,16-17H2,1-2,4H3/t18-,20+,24+/m1/s1. The van der Waals surface area contributed by atoms with E-state index in [1.54, 1.807) is 44.2 Å². The van der Waals surface area contributed by atoms with Gasteiger partial charge in [0.2, 0.25) is 0 Å². The topological polar surface area (TPSA) is 72.5 Å². The Kier molecular flexibility index (Phi) is 8.81. The van der Waals surface area contributed by atoms with Gasteiger partial charge in [-0.3, -0.25) is 4.79 Å². The second-order valence-electron chi connectivity index (χ2n) is 7.44. The molecule has 2 aromatic carbocycles. The number of esters is 1. The molecule has 0 fully saturated rings. The summed E-state index contributed by atoms with van der Waals surface area (Å²) in [5, 5.41) is 2.45. The first-order valence-corrected chi connectivity index (χ1v) is 11.7. The molecule has 2 aromatic rings. The van der Waals surface area contributed by atoms with Crippen LogP contribution in [0.3, 0.4) is 0 Å². The van der Waals surface area contributed by atoms with Crippen LogP contribution in [0.2, 0.25) is 0 Å². The molecule has 0 aliphatic carbocycles. The molecule has 0 heterocycles. The summed E-state index contributed by atoms with van der Waals surface area (Å²) in [7, 11) is -3.72. The molecule has 0 aliphatic heterocycles. The van der Waals surface area contributed by atoms with Crippen molar-refractivity contribution < 1.29 is 17.9 Å². The van der Waals surface area contributed by atoms with E-state index < -0.39 is 27.0 Å². The molecule has 0 radical (unpaired) electrons. The third kappa shape index (κ3) is 6.28. The molecule has 2 rings (SSSR count). The summed E-state index contributed by atoms with van der Waals surface area (Å²) >= 11 is 0. The highest BCUT2D eigenvalue weighted by molar-refractivity contribution is 7.92. The Hall–Kier alpha value is -2.44. The average molecular weight is 430 g/mol. The van der Waals surface area contributed by atoms with Crippen LogP contribution in [0.1, 0.15) is 38.8 Å². The normalized spacial score (nSPS) is 14.5. The van der Waals surface area contributed by atoms with Gasteiger partial charge in [0.15, 0.2) is 9.84 Å². The lowest BCUT2D eigenvalue weighted by Crippen LogP contribution is -2.36. The maximum absolute atomic E-state index is 13.4. The summed E-state index contributed by atoms with van der Waals surface area (Å²) in [6.45, 7) is 10.2. The van der Waals surface area contributed by atoms with Crippen molar-refractivity contribution in [1.82, 2.24) is 5.32 Å². The maximum Gasteiger partial charge on any atom is 0.306 e. The number of hydrogen-bond acceptors (Lipinski definition) is 5. The fourth-order valence-corrected chi connectivity index (χ4v) is 5.58. The zero-order chi connectivity index (χ0) is 22.1. The van der Waals surface area contributed by atoms with E-state index in [1.807, 2.05) is 37.3 Å². The van der Waals surface area contributed by atoms with Gasteiger partial charge in [-0.05, 0) is 43.0 Å². The molecule has 0 spiro atoms. The van der Waals surface area contributed by atoms with Gasteiger partial charge in [0, 0.05) is 19.0 Å². The van der Waals surface area contributed by atoms with E-state index in [4.69, 9.17) is 4.74 Å². The monoisotopic (exact) mass is 429 g/mol. The quantitative estimate of drug-likeness (QED) is 0.425. The molecule has 0 unspecified atom stereocenters. The van der Waals surface area contributed by atoms with Crippen molar-refractivity contribution in [1.29, 1.82) is 0 Å². The van der Waals surface area contributed by atoms with E-state index in [-0.39, 0.29) is 24.0 Å². The molecule has 0 saturated heterocycles. The third-order valence-corrected chi connectivity index (χ3v) is 7.45. The van der Waals surface area contributed by atoms with Gasteiger partial charge in [-0.1, -0.05) is 62.0 Å². The van der Waals surface area contributed by atoms with Crippen molar-refractivity contribution in [3.63, 3.8) is 0 Å². The first-order valence-electron chi connectivity index (χ1n) is 10.2. The average Bonchev–Trinajstić information content (AvgIpc) is 2.73. The van der Waals surface area contributed by atoms with E-state index in [9.17, 15) is 13.2 Å². The number of benzene rings is 2. The van der Waals surface area contributed by atoms with Gasteiger partial charge in [0.1, 0.15) is 0 Å². The predicted molar refractivity (Wildman–Crippen MR) is 120 cm³/mol. The number of carbonyl (C=O) groups excluding carboxylic acids is 1. The summed E-state index contributed by atoms with van der Waals surface area (Å²) in [4.78, 5) is 12.3. The Labute approximate surface area is 180 Å². The fraction of sp³-hybridized carbons (Fsp3) is 0.375. The van der Waals surface area contributed by atoms with Gasteiger partial charge in [-0.25, -0.2) is 8.42 Å². The Morgan fingerprint density at radius 1 is 1.03 bits per heavy atom. The van der Waals surface area contributed by atoms with Crippen molar-refractivity contribution in [3.05, 3.63) is 78.4 Å². The molecule has 6 heteroatoms. The minimum Gasteiger partial charge on any atom is -0.466 e. The smallest absolute Gasteiger partial charge is 0.306 e. The number of carbonyl (C=O) groups is 1. The fourth-order valence-electron chi connectivity index (χ4n) is 3.52. The van der Waals surface area contributed by atoms with Crippen LogP contribution in [0.5, 0.6) is 0 Å². The first-order chi connectivity index (χ1) is 14.3. The van der Waals surface area contributed by atoms with E-state index in [1.165, 1.54) is 0 Å². The molecule has 0 saturated carbocycles. The van der Waals surface area contributed by atoms with E-state index in [0.717, 1.165) is 5.56 Å². The Morgan fingerprint density at radius 2 is 1.60 bits per heavy atom. The van der Waals surface area contributed by atoms with E-state index >= 15 is 0 Å². The van der Waals surface area contributed by atoms with Crippen molar-refractivity contribution in [2.45, 2.75) is 43.4 Å². The lowest BCUT2D eigenvalue weighted by molar-refractivity contribution is -0.144. The molecule has 5 nitrogen and oxygen atoms in total. The molecular formula is C24H31NO4S. The van der Waals surface area contributed by atoms with Gasteiger partial charge in [-0.15, -0.1) is 0 Å². The minimum absolute atomic E-state index is 0.0117. The number of sulfone groups is 1. The Balaban J connectivity index is 2.23. The van der Waals surface area contributed by atoms with Crippen molar-refractivity contribution >= 4 is 15.8 Å². The number of nitrogens with one attached hydrogen (secondary N) is 1.